The van der Waals surface area contributed by atoms with Crippen LogP contribution in [0.2, 0.25) is 5.02 Å². The molecule has 6 nitrogen and oxygen atoms in total. The zero-order valence-electron chi connectivity index (χ0n) is 18.4. The molecule has 0 bridgehead atoms. The highest BCUT2D eigenvalue weighted by molar-refractivity contribution is 8.00. The third-order valence-corrected chi connectivity index (χ3v) is 7.25. The van der Waals surface area contributed by atoms with Crippen LogP contribution in [0.4, 0.5) is 8.78 Å². The largest absolute Gasteiger partial charge is 0.382 e. The molecule has 180 valence electrons. The SMILES string of the molecule is CC(SC1COC(/C=C/c2ccc(Cl)cc2)OC1)[C@](O)(Cn1cncn1)c1ccc(F)cc1F. The molecule has 2 atom stereocenters. The molecule has 2 heterocycles. The molecule has 0 radical (unpaired) electrons. The number of nitrogens with zero attached hydrogens (tertiary/aromatic N) is 3. The molecule has 4 rings (SSSR count). The van der Waals surface area contributed by atoms with Crippen LogP contribution in [0.5, 0.6) is 0 Å². The lowest BCUT2D eigenvalue weighted by molar-refractivity contribution is -0.146. The highest BCUT2D eigenvalue weighted by atomic mass is 35.5. The topological polar surface area (TPSA) is 69.4 Å². The first-order chi connectivity index (χ1) is 16.3. The van der Waals surface area contributed by atoms with Crippen molar-refractivity contribution in [3.63, 3.8) is 0 Å². The summed E-state index contributed by atoms with van der Waals surface area (Å²) in [6.45, 7) is 2.51. The van der Waals surface area contributed by atoms with Crippen molar-refractivity contribution in [2.24, 2.45) is 0 Å². The molecule has 10 heteroatoms. The van der Waals surface area contributed by atoms with Gasteiger partial charge in [-0.3, -0.25) is 0 Å². The van der Waals surface area contributed by atoms with Crippen LogP contribution in [0.15, 0.2) is 61.2 Å². The van der Waals surface area contributed by atoms with Gasteiger partial charge in [-0.2, -0.15) is 5.10 Å². The second kappa shape index (κ2) is 11.0. The molecule has 0 amide bonds. The number of ether oxygens (including phenoxy) is 2. The lowest BCUT2D eigenvalue weighted by Crippen LogP contribution is -2.43. The van der Waals surface area contributed by atoms with E-state index in [-0.39, 0.29) is 17.4 Å². The molecule has 1 aromatic heterocycles. The maximum Gasteiger partial charge on any atom is 0.177 e. The zero-order chi connectivity index (χ0) is 24.1. The van der Waals surface area contributed by atoms with E-state index < -0.39 is 28.8 Å². The zero-order valence-corrected chi connectivity index (χ0v) is 19.9. The Balaban J connectivity index is 1.41. The summed E-state index contributed by atoms with van der Waals surface area (Å²) in [5.74, 6) is -1.53. The van der Waals surface area contributed by atoms with E-state index in [1.807, 2.05) is 36.4 Å². The fourth-order valence-electron chi connectivity index (χ4n) is 3.69. The summed E-state index contributed by atoms with van der Waals surface area (Å²) >= 11 is 7.32. The average Bonchev–Trinajstić information content (AvgIpc) is 3.32. The van der Waals surface area contributed by atoms with Crippen molar-refractivity contribution in [1.82, 2.24) is 14.8 Å². The highest BCUT2D eigenvalue weighted by Gasteiger charge is 2.41. The second-order valence-electron chi connectivity index (χ2n) is 7.99. The van der Waals surface area contributed by atoms with Crippen LogP contribution in [0.3, 0.4) is 0 Å². The summed E-state index contributed by atoms with van der Waals surface area (Å²) in [7, 11) is 0. The molecule has 1 fully saturated rings. The lowest BCUT2D eigenvalue weighted by Gasteiger charge is -2.37. The Morgan fingerprint density at radius 3 is 2.62 bits per heavy atom. The molecular weight excluding hydrogens is 484 g/mol. The minimum Gasteiger partial charge on any atom is -0.382 e. The Morgan fingerprint density at radius 1 is 1.24 bits per heavy atom. The van der Waals surface area contributed by atoms with Crippen molar-refractivity contribution in [2.75, 3.05) is 13.2 Å². The van der Waals surface area contributed by atoms with E-state index >= 15 is 0 Å². The lowest BCUT2D eigenvalue weighted by atomic mass is 9.90. The maximum atomic E-state index is 14.7. The molecule has 34 heavy (non-hydrogen) atoms. The Morgan fingerprint density at radius 2 is 1.97 bits per heavy atom. The van der Waals surface area contributed by atoms with E-state index in [1.165, 1.54) is 35.2 Å². The van der Waals surface area contributed by atoms with Crippen molar-refractivity contribution in [3.8, 4) is 0 Å². The smallest absolute Gasteiger partial charge is 0.177 e. The van der Waals surface area contributed by atoms with Gasteiger partial charge in [0.2, 0.25) is 0 Å². The third-order valence-electron chi connectivity index (χ3n) is 5.54. The maximum absolute atomic E-state index is 14.7. The molecule has 0 spiro atoms. The number of hydrogen-bond acceptors (Lipinski definition) is 6. The quantitative estimate of drug-likeness (QED) is 0.477. The molecule has 0 aliphatic carbocycles. The van der Waals surface area contributed by atoms with Gasteiger partial charge >= 0.3 is 0 Å². The first kappa shape index (κ1) is 24.8. The second-order valence-corrected chi connectivity index (χ2v) is 10.1. The molecule has 1 saturated heterocycles. The number of halogens is 3. The van der Waals surface area contributed by atoms with Crippen LogP contribution in [-0.2, 0) is 21.6 Å². The Labute approximate surface area is 205 Å². The van der Waals surface area contributed by atoms with Gasteiger partial charge in [0, 0.05) is 21.9 Å². The van der Waals surface area contributed by atoms with E-state index in [9.17, 15) is 13.9 Å². The van der Waals surface area contributed by atoms with Crippen LogP contribution >= 0.6 is 23.4 Å². The Kier molecular flexibility index (Phi) is 8.00. The van der Waals surface area contributed by atoms with Crippen molar-refractivity contribution < 1.29 is 23.4 Å². The fourth-order valence-corrected chi connectivity index (χ4v) is 5.13. The monoisotopic (exact) mass is 507 g/mol. The van der Waals surface area contributed by atoms with E-state index in [1.54, 1.807) is 6.92 Å². The number of thioether (sulfide) groups is 1. The molecule has 1 aliphatic rings. The summed E-state index contributed by atoms with van der Waals surface area (Å²) < 4.78 is 41.3. The van der Waals surface area contributed by atoms with Gasteiger partial charge in [-0.1, -0.05) is 42.8 Å². The molecule has 3 aromatic rings. The van der Waals surface area contributed by atoms with Crippen LogP contribution in [0.25, 0.3) is 6.08 Å². The summed E-state index contributed by atoms with van der Waals surface area (Å²) in [6.07, 6.45) is 5.99. The molecule has 1 unspecified atom stereocenters. The first-order valence-electron chi connectivity index (χ1n) is 10.7. The van der Waals surface area contributed by atoms with Gasteiger partial charge in [0.25, 0.3) is 0 Å². The van der Waals surface area contributed by atoms with Crippen LogP contribution in [0, 0.1) is 11.6 Å². The molecular formula is C24H24ClF2N3O3S. The normalized spacial score (nSPS) is 21.4. The van der Waals surface area contributed by atoms with E-state index in [4.69, 9.17) is 21.1 Å². The Bertz CT molecular complexity index is 1110. The summed E-state index contributed by atoms with van der Waals surface area (Å²) in [5, 5.41) is 15.7. The average molecular weight is 508 g/mol. The highest BCUT2D eigenvalue weighted by Crippen LogP contribution is 2.38. The predicted molar refractivity (Wildman–Crippen MR) is 127 cm³/mol. The van der Waals surface area contributed by atoms with Gasteiger partial charge < -0.3 is 14.6 Å². The van der Waals surface area contributed by atoms with E-state index in [0.29, 0.717) is 18.2 Å². The number of aliphatic hydroxyl groups is 1. The van der Waals surface area contributed by atoms with Gasteiger partial charge in [0.05, 0.1) is 25.0 Å². The molecule has 0 saturated carbocycles. The summed E-state index contributed by atoms with van der Waals surface area (Å²) in [5.41, 5.74) is -0.714. The van der Waals surface area contributed by atoms with Gasteiger partial charge in [0.1, 0.15) is 29.9 Å². The van der Waals surface area contributed by atoms with Crippen molar-refractivity contribution in [3.05, 3.63) is 89.0 Å². The fraction of sp³-hybridized carbons (Fsp3) is 0.333. The van der Waals surface area contributed by atoms with Crippen molar-refractivity contribution >= 4 is 29.4 Å². The summed E-state index contributed by atoms with van der Waals surface area (Å²) in [4.78, 5) is 3.89. The molecule has 1 N–H and O–H groups in total. The minimum atomic E-state index is -1.68. The molecule has 1 aliphatic heterocycles. The minimum absolute atomic E-state index is 0.00850. The number of hydrogen-bond donors (Lipinski definition) is 1. The Hall–Kier alpha value is -2.30. The van der Waals surface area contributed by atoms with Gasteiger partial charge in [-0.25, -0.2) is 18.4 Å². The molecule has 2 aromatic carbocycles. The standard InChI is InChI=1S/C24H24ClF2N3O3S/c1-16(24(31,13-30-15-28-14-29-30)21-8-7-19(26)10-22(21)27)34-20-11-32-23(33-12-20)9-4-17-2-5-18(25)6-3-17/h2-10,14-16,20,23,31H,11-13H2,1H3/b9-4+/t16?,20?,23?,24-/m1/s1. The van der Waals surface area contributed by atoms with Gasteiger partial charge in [-0.05, 0) is 29.8 Å². The number of aromatic nitrogens is 3. The number of rotatable bonds is 8. The first-order valence-corrected chi connectivity index (χ1v) is 12.0. The third kappa shape index (κ3) is 6.03. The van der Waals surface area contributed by atoms with E-state index in [0.717, 1.165) is 17.7 Å². The summed E-state index contributed by atoms with van der Waals surface area (Å²) in [6, 6.07) is 10.6. The van der Waals surface area contributed by atoms with Crippen LogP contribution in [0.1, 0.15) is 18.1 Å². The van der Waals surface area contributed by atoms with Crippen LogP contribution in [-0.4, -0.2) is 49.9 Å². The van der Waals surface area contributed by atoms with E-state index in [2.05, 4.69) is 10.1 Å². The number of benzene rings is 2. The predicted octanol–water partition coefficient (Wildman–Crippen LogP) is 4.67. The van der Waals surface area contributed by atoms with Crippen LogP contribution < -0.4 is 0 Å². The van der Waals surface area contributed by atoms with Crippen molar-refractivity contribution in [2.45, 2.75) is 35.9 Å². The van der Waals surface area contributed by atoms with Gasteiger partial charge in [0.15, 0.2) is 6.29 Å². The van der Waals surface area contributed by atoms with Crippen molar-refractivity contribution in [1.29, 1.82) is 0 Å². The van der Waals surface area contributed by atoms with Gasteiger partial charge in [-0.15, -0.1) is 11.8 Å².